The molecule has 0 aromatic carbocycles. The lowest BCUT2D eigenvalue weighted by atomic mass is 9.80. The normalized spacial score (nSPS) is 37.2. The van der Waals surface area contributed by atoms with E-state index in [2.05, 4.69) is 24.5 Å². The predicted molar refractivity (Wildman–Crippen MR) is 77.8 cm³/mol. The van der Waals surface area contributed by atoms with Crippen LogP contribution in [-0.4, -0.2) is 36.0 Å². The molecule has 1 saturated heterocycles. The van der Waals surface area contributed by atoms with Gasteiger partial charge in [-0.05, 0) is 31.1 Å². The summed E-state index contributed by atoms with van der Waals surface area (Å²) in [6, 6.07) is 0.787. The Hall–Kier alpha value is -0.220. The third-order valence-electron chi connectivity index (χ3n) is 3.97. The number of hydrogen-bond donors (Lipinski definition) is 2. The Morgan fingerprint density at radius 1 is 1.28 bits per heavy atom. The molecule has 2 aliphatic rings. The first-order valence-corrected chi connectivity index (χ1v) is 8.39. The molecule has 104 valence electrons. The van der Waals surface area contributed by atoms with Crippen LogP contribution in [0.2, 0.25) is 0 Å². The summed E-state index contributed by atoms with van der Waals surface area (Å²) in [6.45, 7) is 5.64. The van der Waals surface area contributed by atoms with Crippen LogP contribution in [0.3, 0.4) is 0 Å². The van der Waals surface area contributed by atoms with Gasteiger partial charge in [-0.25, -0.2) is 0 Å². The number of carbonyl (C=O) groups excluding carboxylic acids is 1. The summed E-state index contributed by atoms with van der Waals surface area (Å²) in [4.78, 5) is 12.0. The van der Waals surface area contributed by atoms with Gasteiger partial charge >= 0.3 is 0 Å². The van der Waals surface area contributed by atoms with Crippen molar-refractivity contribution in [2.45, 2.75) is 51.6 Å². The molecule has 3 atom stereocenters. The maximum absolute atomic E-state index is 12.0. The van der Waals surface area contributed by atoms with Crippen molar-refractivity contribution in [2.75, 3.05) is 18.1 Å². The van der Waals surface area contributed by atoms with Crippen LogP contribution in [0.5, 0.6) is 0 Å². The highest BCUT2D eigenvalue weighted by molar-refractivity contribution is 7.99. The fourth-order valence-corrected chi connectivity index (χ4v) is 4.28. The molecular weight excluding hydrogens is 244 g/mol. The second-order valence-electron chi connectivity index (χ2n) is 6.11. The van der Waals surface area contributed by atoms with Crippen LogP contribution in [0.25, 0.3) is 0 Å². The number of carbonyl (C=O) groups is 1. The SMILES string of the molecule is CC1CC(C)CC(NC(=O)CC2CSCCN2)C1. The van der Waals surface area contributed by atoms with Crippen molar-refractivity contribution in [2.24, 2.45) is 11.8 Å². The van der Waals surface area contributed by atoms with Gasteiger partial charge in [-0.15, -0.1) is 0 Å². The number of hydrogen-bond acceptors (Lipinski definition) is 3. The van der Waals surface area contributed by atoms with E-state index >= 15 is 0 Å². The summed E-state index contributed by atoms with van der Waals surface area (Å²) in [7, 11) is 0. The summed E-state index contributed by atoms with van der Waals surface area (Å²) < 4.78 is 0. The van der Waals surface area contributed by atoms with Crippen LogP contribution < -0.4 is 10.6 Å². The lowest BCUT2D eigenvalue weighted by Crippen LogP contribution is -2.45. The lowest BCUT2D eigenvalue weighted by Gasteiger charge is -2.32. The second-order valence-corrected chi connectivity index (χ2v) is 7.26. The van der Waals surface area contributed by atoms with Crippen LogP contribution in [0.1, 0.15) is 39.5 Å². The molecule has 1 amide bonds. The summed E-state index contributed by atoms with van der Waals surface area (Å²) >= 11 is 1.95. The molecule has 1 aliphatic carbocycles. The van der Waals surface area contributed by atoms with Gasteiger partial charge in [0, 0.05) is 36.6 Å². The van der Waals surface area contributed by atoms with Crippen LogP contribution in [0, 0.1) is 11.8 Å². The van der Waals surface area contributed by atoms with Gasteiger partial charge in [0.2, 0.25) is 5.91 Å². The molecule has 0 aromatic rings. The monoisotopic (exact) mass is 270 g/mol. The van der Waals surface area contributed by atoms with E-state index in [1.807, 2.05) is 11.8 Å². The zero-order valence-electron chi connectivity index (χ0n) is 11.6. The summed E-state index contributed by atoms with van der Waals surface area (Å²) in [5, 5.41) is 6.66. The smallest absolute Gasteiger partial charge is 0.221 e. The Balaban J connectivity index is 1.72. The zero-order chi connectivity index (χ0) is 13.0. The van der Waals surface area contributed by atoms with Crippen molar-refractivity contribution in [3.63, 3.8) is 0 Å². The molecule has 3 unspecified atom stereocenters. The van der Waals surface area contributed by atoms with Crippen LogP contribution in [0.4, 0.5) is 0 Å². The third kappa shape index (κ3) is 4.47. The Labute approximate surface area is 115 Å². The number of thioether (sulfide) groups is 1. The van der Waals surface area contributed by atoms with Crippen molar-refractivity contribution in [1.29, 1.82) is 0 Å². The van der Waals surface area contributed by atoms with E-state index in [-0.39, 0.29) is 5.91 Å². The molecular formula is C14H26N2OS. The van der Waals surface area contributed by atoms with Crippen molar-refractivity contribution in [1.82, 2.24) is 10.6 Å². The Morgan fingerprint density at radius 2 is 2.00 bits per heavy atom. The highest BCUT2D eigenvalue weighted by atomic mass is 32.2. The van der Waals surface area contributed by atoms with Gasteiger partial charge in [-0.3, -0.25) is 4.79 Å². The summed E-state index contributed by atoms with van der Waals surface area (Å²) in [6.07, 6.45) is 4.27. The molecule has 2 fully saturated rings. The minimum absolute atomic E-state index is 0.237. The van der Waals surface area contributed by atoms with E-state index in [0.717, 1.165) is 37.0 Å². The van der Waals surface area contributed by atoms with E-state index < -0.39 is 0 Å². The van der Waals surface area contributed by atoms with E-state index in [4.69, 9.17) is 0 Å². The highest BCUT2D eigenvalue weighted by Crippen LogP contribution is 2.28. The average Bonchev–Trinajstić information content (AvgIpc) is 2.28. The standard InChI is InChI=1S/C14H26N2OS/c1-10-5-11(2)7-12(6-10)16-14(17)8-13-9-18-4-3-15-13/h10-13,15H,3-9H2,1-2H3,(H,16,17). The number of nitrogens with one attached hydrogen (secondary N) is 2. The molecule has 0 bridgehead atoms. The van der Waals surface area contributed by atoms with Crippen LogP contribution >= 0.6 is 11.8 Å². The molecule has 4 heteroatoms. The fourth-order valence-electron chi connectivity index (χ4n) is 3.33. The maximum atomic E-state index is 12.0. The van der Waals surface area contributed by atoms with Gasteiger partial charge in [0.1, 0.15) is 0 Å². The van der Waals surface area contributed by atoms with Crippen LogP contribution in [-0.2, 0) is 4.79 Å². The molecule has 1 saturated carbocycles. The largest absolute Gasteiger partial charge is 0.353 e. The Morgan fingerprint density at radius 3 is 2.61 bits per heavy atom. The maximum Gasteiger partial charge on any atom is 0.221 e. The molecule has 18 heavy (non-hydrogen) atoms. The minimum atomic E-state index is 0.237. The van der Waals surface area contributed by atoms with Gasteiger partial charge in [0.05, 0.1) is 0 Å². The van der Waals surface area contributed by atoms with Gasteiger partial charge in [-0.2, -0.15) is 11.8 Å². The molecule has 1 heterocycles. The first-order chi connectivity index (χ1) is 8.63. The topological polar surface area (TPSA) is 41.1 Å². The Kier molecular flexibility index (Phi) is 5.37. The van der Waals surface area contributed by atoms with Crippen molar-refractivity contribution in [3.8, 4) is 0 Å². The van der Waals surface area contributed by atoms with Crippen molar-refractivity contribution < 1.29 is 4.79 Å². The van der Waals surface area contributed by atoms with Gasteiger partial charge in [0.25, 0.3) is 0 Å². The first kappa shape index (κ1) is 14.2. The first-order valence-electron chi connectivity index (χ1n) is 7.24. The second kappa shape index (κ2) is 6.80. The quantitative estimate of drug-likeness (QED) is 0.824. The Bertz CT molecular complexity index is 269. The molecule has 3 nitrogen and oxygen atoms in total. The summed E-state index contributed by atoms with van der Waals surface area (Å²) in [5.74, 6) is 3.99. The van der Waals surface area contributed by atoms with Gasteiger partial charge in [-0.1, -0.05) is 13.8 Å². The average molecular weight is 270 g/mol. The number of amides is 1. The third-order valence-corrected chi connectivity index (χ3v) is 5.10. The molecule has 2 N–H and O–H groups in total. The van der Waals surface area contributed by atoms with E-state index in [1.165, 1.54) is 12.2 Å². The predicted octanol–water partition coefficient (Wildman–Crippen LogP) is 2.02. The molecule has 0 radical (unpaired) electrons. The summed E-state index contributed by atoms with van der Waals surface area (Å²) in [5.41, 5.74) is 0. The molecule has 0 aromatic heterocycles. The number of rotatable bonds is 3. The van der Waals surface area contributed by atoms with E-state index in [0.29, 0.717) is 18.5 Å². The highest BCUT2D eigenvalue weighted by Gasteiger charge is 2.26. The molecule has 2 rings (SSSR count). The van der Waals surface area contributed by atoms with Crippen molar-refractivity contribution in [3.05, 3.63) is 0 Å². The van der Waals surface area contributed by atoms with Gasteiger partial charge in [0.15, 0.2) is 0 Å². The van der Waals surface area contributed by atoms with Crippen LogP contribution in [0.15, 0.2) is 0 Å². The van der Waals surface area contributed by atoms with E-state index in [9.17, 15) is 4.79 Å². The van der Waals surface area contributed by atoms with E-state index in [1.54, 1.807) is 0 Å². The van der Waals surface area contributed by atoms with Crippen molar-refractivity contribution >= 4 is 17.7 Å². The molecule has 1 aliphatic heterocycles. The zero-order valence-corrected chi connectivity index (χ0v) is 12.4. The van der Waals surface area contributed by atoms with Gasteiger partial charge < -0.3 is 10.6 Å². The lowest BCUT2D eigenvalue weighted by molar-refractivity contribution is -0.122. The molecule has 0 spiro atoms. The fraction of sp³-hybridized carbons (Fsp3) is 0.929. The minimum Gasteiger partial charge on any atom is -0.353 e.